The van der Waals surface area contributed by atoms with Crippen molar-refractivity contribution in [2.75, 3.05) is 45.9 Å². The molecule has 2 aliphatic heterocycles. The fourth-order valence-corrected chi connectivity index (χ4v) is 3.66. The third-order valence-corrected chi connectivity index (χ3v) is 4.84. The standard InChI is InChI=1S/C16H26N4O2/c1-3-19-7-8-22-12-16(10-19)5-4-6-20(11-16)15(21)14-9-18(2)13-17-14/h9,13H,3-8,10-12H2,1-2H3/t16-/m0/s1. The van der Waals surface area contributed by atoms with Crippen LogP contribution >= 0.6 is 0 Å². The number of carbonyl (C=O) groups is 1. The van der Waals surface area contributed by atoms with E-state index in [0.29, 0.717) is 5.69 Å². The van der Waals surface area contributed by atoms with Crippen LogP contribution in [0.25, 0.3) is 0 Å². The number of ether oxygens (including phenoxy) is 1. The SMILES string of the molecule is CCN1CCOC[C@@]2(CCCN(C(=O)c3cn(C)cn3)C2)C1. The molecule has 6 heteroatoms. The zero-order valence-electron chi connectivity index (χ0n) is 13.6. The molecule has 1 amide bonds. The van der Waals surface area contributed by atoms with Gasteiger partial charge in [0.15, 0.2) is 0 Å². The first-order valence-corrected chi connectivity index (χ1v) is 8.19. The van der Waals surface area contributed by atoms with E-state index in [9.17, 15) is 4.79 Å². The van der Waals surface area contributed by atoms with Crippen molar-refractivity contribution in [3.05, 3.63) is 18.2 Å². The van der Waals surface area contributed by atoms with E-state index in [-0.39, 0.29) is 11.3 Å². The molecule has 1 aromatic rings. The van der Waals surface area contributed by atoms with Crippen LogP contribution in [-0.2, 0) is 11.8 Å². The summed E-state index contributed by atoms with van der Waals surface area (Å²) in [7, 11) is 1.89. The predicted molar refractivity (Wildman–Crippen MR) is 83.7 cm³/mol. The summed E-state index contributed by atoms with van der Waals surface area (Å²) < 4.78 is 7.68. The number of aryl methyl sites for hydroxylation is 1. The van der Waals surface area contributed by atoms with Crippen molar-refractivity contribution in [3.8, 4) is 0 Å². The van der Waals surface area contributed by atoms with Crippen molar-refractivity contribution in [1.82, 2.24) is 19.4 Å². The molecular weight excluding hydrogens is 280 g/mol. The Hall–Kier alpha value is -1.40. The van der Waals surface area contributed by atoms with E-state index in [0.717, 1.165) is 58.8 Å². The largest absolute Gasteiger partial charge is 0.379 e. The van der Waals surface area contributed by atoms with Crippen LogP contribution in [0.15, 0.2) is 12.5 Å². The molecule has 1 atom stereocenters. The number of amides is 1. The molecule has 3 rings (SSSR count). The van der Waals surface area contributed by atoms with Crippen LogP contribution in [0.3, 0.4) is 0 Å². The van der Waals surface area contributed by atoms with Gasteiger partial charge >= 0.3 is 0 Å². The number of piperidine rings is 1. The van der Waals surface area contributed by atoms with Crippen molar-refractivity contribution in [1.29, 1.82) is 0 Å². The van der Waals surface area contributed by atoms with Gasteiger partial charge in [0.1, 0.15) is 5.69 Å². The maximum absolute atomic E-state index is 12.7. The predicted octanol–water partition coefficient (Wildman–Crippen LogP) is 0.995. The molecule has 22 heavy (non-hydrogen) atoms. The minimum atomic E-state index is 0.0481. The molecule has 6 nitrogen and oxygen atoms in total. The first kappa shape index (κ1) is 15.5. The van der Waals surface area contributed by atoms with Crippen molar-refractivity contribution in [2.45, 2.75) is 19.8 Å². The highest BCUT2D eigenvalue weighted by Gasteiger charge is 2.40. The Morgan fingerprint density at radius 1 is 1.41 bits per heavy atom. The van der Waals surface area contributed by atoms with E-state index in [4.69, 9.17) is 4.74 Å². The van der Waals surface area contributed by atoms with Crippen molar-refractivity contribution < 1.29 is 9.53 Å². The van der Waals surface area contributed by atoms with Crippen molar-refractivity contribution in [2.24, 2.45) is 12.5 Å². The summed E-state index contributed by atoms with van der Waals surface area (Å²) in [5.41, 5.74) is 0.622. The molecule has 3 heterocycles. The Morgan fingerprint density at radius 2 is 2.27 bits per heavy atom. The third-order valence-electron chi connectivity index (χ3n) is 4.84. The van der Waals surface area contributed by atoms with Gasteiger partial charge in [0.2, 0.25) is 0 Å². The topological polar surface area (TPSA) is 50.6 Å². The first-order valence-electron chi connectivity index (χ1n) is 8.19. The summed E-state index contributed by atoms with van der Waals surface area (Å²) in [5.74, 6) is 0.0481. The van der Waals surface area contributed by atoms with Crippen LogP contribution in [0, 0.1) is 5.41 Å². The van der Waals surface area contributed by atoms with Crippen LogP contribution in [0.1, 0.15) is 30.3 Å². The van der Waals surface area contributed by atoms with E-state index in [1.54, 1.807) is 12.5 Å². The number of likely N-dealkylation sites (tertiary alicyclic amines) is 1. The van der Waals surface area contributed by atoms with Gasteiger partial charge in [0.05, 0.1) is 19.5 Å². The highest BCUT2D eigenvalue weighted by atomic mass is 16.5. The lowest BCUT2D eigenvalue weighted by Gasteiger charge is -2.43. The van der Waals surface area contributed by atoms with Crippen LogP contribution in [-0.4, -0.2) is 71.2 Å². The molecule has 1 aromatic heterocycles. The number of carbonyl (C=O) groups excluding carboxylic acids is 1. The summed E-state index contributed by atoms with van der Waals surface area (Å²) in [4.78, 5) is 21.3. The molecule has 0 N–H and O–H groups in total. The average molecular weight is 306 g/mol. The molecule has 122 valence electrons. The summed E-state index contributed by atoms with van der Waals surface area (Å²) in [6.45, 7) is 8.40. The number of likely N-dealkylation sites (N-methyl/N-ethyl adjacent to an activating group) is 1. The number of aromatic nitrogens is 2. The highest BCUT2D eigenvalue weighted by Crippen LogP contribution is 2.33. The minimum Gasteiger partial charge on any atom is -0.379 e. The first-order chi connectivity index (χ1) is 10.6. The Kier molecular flexibility index (Phi) is 4.49. The number of imidazole rings is 1. The molecule has 2 fully saturated rings. The summed E-state index contributed by atoms with van der Waals surface area (Å²) >= 11 is 0. The Morgan fingerprint density at radius 3 is 3.00 bits per heavy atom. The second kappa shape index (κ2) is 6.38. The third kappa shape index (κ3) is 3.17. The molecule has 0 radical (unpaired) electrons. The van der Waals surface area contributed by atoms with Crippen LogP contribution < -0.4 is 0 Å². The van der Waals surface area contributed by atoms with Gasteiger partial charge in [-0.05, 0) is 19.4 Å². The molecule has 0 unspecified atom stereocenters. The molecule has 0 aromatic carbocycles. The van der Waals surface area contributed by atoms with E-state index >= 15 is 0 Å². The number of hydrogen-bond acceptors (Lipinski definition) is 4. The van der Waals surface area contributed by atoms with Gasteiger partial charge in [-0.15, -0.1) is 0 Å². The lowest BCUT2D eigenvalue weighted by molar-refractivity contribution is 0.00745. The number of rotatable bonds is 2. The van der Waals surface area contributed by atoms with Crippen molar-refractivity contribution >= 4 is 5.91 Å². The van der Waals surface area contributed by atoms with Crippen LogP contribution in [0.4, 0.5) is 0 Å². The summed E-state index contributed by atoms with van der Waals surface area (Å²) in [6, 6.07) is 0. The second-order valence-electron chi connectivity index (χ2n) is 6.68. The van der Waals surface area contributed by atoms with Gasteiger partial charge in [-0.3, -0.25) is 4.79 Å². The molecule has 1 spiro atoms. The zero-order chi connectivity index (χ0) is 15.6. The summed E-state index contributed by atoms with van der Waals surface area (Å²) in [6.07, 6.45) is 5.65. The van der Waals surface area contributed by atoms with Gasteiger partial charge in [-0.2, -0.15) is 0 Å². The smallest absolute Gasteiger partial charge is 0.274 e. The highest BCUT2D eigenvalue weighted by molar-refractivity contribution is 5.92. The van der Waals surface area contributed by atoms with Gasteiger partial charge in [-0.1, -0.05) is 6.92 Å². The van der Waals surface area contributed by atoms with E-state index < -0.39 is 0 Å². The minimum absolute atomic E-state index is 0.0481. The molecule has 0 bridgehead atoms. The fraction of sp³-hybridized carbons (Fsp3) is 0.750. The Bertz CT molecular complexity index is 530. The van der Waals surface area contributed by atoms with Gasteiger partial charge in [-0.25, -0.2) is 4.98 Å². The number of nitrogens with zero attached hydrogens (tertiary/aromatic N) is 4. The number of hydrogen-bond donors (Lipinski definition) is 0. The maximum atomic E-state index is 12.7. The molecule has 2 saturated heterocycles. The summed E-state index contributed by atoms with van der Waals surface area (Å²) in [5, 5.41) is 0. The van der Waals surface area contributed by atoms with E-state index in [1.165, 1.54) is 0 Å². The average Bonchev–Trinajstić information content (AvgIpc) is 2.86. The lowest BCUT2D eigenvalue weighted by Crippen LogP contribution is -2.52. The molecule has 2 aliphatic rings. The molecule has 0 saturated carbocycles. The van der Waals surface area contributed by atoms with Gasteiger partial charge in [0, 0.05) is 44.8 Å². The quantitative estimate of drug-likeness (QED) is 0.818. The van der Waals surface area contributed by atoms with E-state index in [1.807, 2.05) is 16.5 Å². The zero-order valence-corrected chi connectivity index (χ0v) is 13.6. The monoisotopic (exact) mass is 306 g/mol. The Labute approximate surface area is 132 Å². The van der Waals surface area contributed by atoms with Gasteiger partial charge in [0.25, 0.3) is 5.91 Å². The van der Waals surface area contributed by atoms with E-state index in [2.05, 4.69) is 16.8 Å². The molecular formula is C16H26N4O2. The van der Waals surface area contributed by atoms with Gasteiger partial charge < -0.3 is 19.1 Å². The normalized spacial score (nSPS) is 27.1. The Balaban J connectivity index is 1.74. The molecule has 0 aliphatic carbocycles. The fourth-order valence-electron chi connectivity index (χ4n) is 3.66. The van der Waals surface area contributed by atoms with Crippen molar-refractivity contribution in [3.63, 3.8) is 0 Å². The van der Waals surface area contributed by atoms with Crippen LogP contribution in [0.5, 0.6) is 0 Å². The van der Waals surface area contributed by atoms with Crippen LogP contribution in [0.2, 0.25) is 0 Å². The lowest BCUT2D eigenvalue weighted by atomic mass is 9.80. The second-order valence-corrected chi connectivity index (χ2v) is 6.68. The maximum Gasteiger partial charge on any atom is 0.274 e.